The van der Waals surface area contributed by atoms with Crippen LogP contribution in [0.1, 0.15) is 22.0 Å². The molecule has 0 saturated heterocycles. The van der Waals surface area contributed by atoms with Crippen LogP contribution in [-0.4, -0.2) is 22.8 Å². The summed E-state index contributed by atoms with van der Waals surface area (Å²) in [5.41, 5.74) is 0.382. The van der Waals surface area contributed by atoms with Crippen molar-refractivity contribution >= 4 is 29.0 Å². The number of rotatable bonds is 3. The van der Waals surface area contributed by atoms with Crippen molar-refractivity contribution in [2.75, 3.05) is 7.11 Å². The summed E-state index contributed by atoms with van der Waals surface area (Å²) in [7, 11) is 1.42. The van der Waals surface area contributed by atoms with Crippen LogP contribution in [0.25, 0.3) is 0 Å². The van der Waals surface area contributed by atoms with Crippen molar-refractivity contribution in [1.29, 1.82) is 0 Å². The number of carbonyl (C=O) groups excluding carboxylic acids is 1. The molecule has 1 aliphatic rings. The minimum absolute atomic E-state index is 0.00580. The van der Waals surface area contributed by atoms with Crippen molar-refractivity contribution in [3.63, 3.8) is 0 Å². The largest absolute Gasteiger partial charge is 0.497 e. The Morgan fingerprint density at radius 3 is 2.50 bits per heavy atom. The third kappa shape index (κ3) is 2.48. The molecule has 8 heteroatoms. The van der Waals surface area contributed by atoms with Gasteiger partial charge in [0.05, 0.1) is 17.6 Å². The molecule has 3 rings (SSSR count). The number of fused-ring (bicyclic) bond motifs is 1. The van der Waals surface area contributed by atoms with E-state index in [1.807, 2.05) is 0 Å². The molecule has 0 aliphatic carbocycles. The van der Waals surface area contributed by atoms with Gasteiger partial charge in [-0.3, -0.25) is 14.9 Å². The van der Waals surface area contributed by atoms with E-state index >= 15 is 0 Å². The number of ketones is 1. The van der Waals surface area contributed by atoms with Crippen LogP contribution in [0.3, 0.4) is 0 Å². The van der Waals surface area contributed by atoms with Gasteiger partial charge in [0.25, 0.3) is 5.78 Å². The predicted molar refractivity (Wildman–Crippen MR) is 87.7 cm³/mol. The summed E-state index contributed by atoms with van der Waals surface area (Å²) in [4.78, 5) is 21.1. The Kier molecular flexibility index (Phi) is 4.11. The second kappa shape index (κ2) is 5.96. The molecule has 1 aliphatic heterocycles. The van der Waals surface area contributed by atoms with Crippen LogP contribution in [0.4, 0.5) is 0 Å². The number of alkyl halides is 1. The summed E-state index contributed by atoms with van der Waals surface area (Å²) in [6.45, 7) is 0. The van der Waals surface area contributed by atoms with E-state index in [2.05, 4.69) is 0 Å². The van der Waals surface area contributed by atoms with Gasteiger partial charge in [0.15, 0.2) is 0 Å². The first kappa shape index (κ1) is 16.5. The van der Waals surface area contributed by atoms with Gasteiger partial charge in [-0.2, -0.15) is 0 Å². The van der Waals surface area contributed by atoms with Crippen LogP contribution in [0.15, 0.2) is 42.5 Å². The molecule has 0 bridgehead atoms. The number of nitrogens with zero attached hydrogens (tertiary/aromatic N) is 1. The topological polar surface area (TPSA) is 78.7 Å². The molecule has 0 unspecified atom stereocenters. The number of methoxy groups -OCH3 is 1. The average Bonchev–Trinajstić information content (AvgIpc) is 2.58. The Bertz CT molecular complexity index is 824. The van der Waals surface area contributed by atoms with Gasteiger partial charge >= 0.3 is 5.00 Å². The fraction of sp³-hybridized carbons (Fsp3) is 0.188. The number of hydrogen-bond donors (Lipinski definition) is 0. The Morgan fingerprint density at radius 2 is 1.92 bits per heavy atom. The Morgan fingerprint density at radius 1 is 1.25 bits per heavy atom. The molecule has 2 atom stereocenters. The van der Waals surface area contributed by atoms with Gasteiger partial charge in [-0.05, 0) is 41.9 Å². The molecule has 6 nitrogen and oxygen atoms in total. The number of nitro groups is 1. The second-order valence-corrected chi connectivity index (χ2v) is 6.18. The van der Waals surface area contributed by atoms with E-state index in [1.165, 1.54) is 31.4 Å². The highest BCUT2D eigenvalue weighted by Crippen LogP contribution is 2.46. The first-order chi connectivity index (χ1) is 11.4. The molecule has 1 heterocycles. The molecular weight excluding hydrogens is 357 g/mol. The Balaban J connectivity index is 2.16. The molecule has 0 aromatic heterocycles. The van der Waals surface area contributed by atoms with Crippen molar-refractivity contribution in [2.45, 2.75) is 11.1 Å². The summed E-state index contributed by atoms with van der Waals surface area (Å²) >= 11 is 12.0. The van der Waals surface area contributed by atoms with E-state index in [0.717, 1.165) is 0 Å². The maximum atomic E-state index is 12.8. The first-order valence-electron chi connectivity index (χ1n) is 6.86. The van der Waals surface area contributed by atoms with Crippen LogP contribution in [0, 0.1) is 10.1 Å². The summed E-state index contributed by atoms with van der Waals surface area (Å²) in [5, 5.41) is 12.1. The lowest BCUT2D eigenvalue weighted by molar-refractivity contribution is -0.536. The standard InChI is InChI=1S/C16H11Cl2NO5/c1-23-11-6-7-13-12(8-11)14(20)16(18,19(21)22)15(24-13)9-2-4-10(17)5-3-9/h2-8,15H,1H3/t15-,16+/m1/s1. The van der Waals surface area contributed by atoms with Gasteiger partial charge in [0.1, 0.15) is 11.5 Å². The highest BCUT2D eigenvalue weighted by Gasteiger charge is 2.62. The molecule has 2 aromatic carbocycles. The van der Waals surface area contributed by atoms with Gasteiger partial charge in [0, 0.05) is 10.6 Å². The molecule has 0 saturated carbocycles. The predicted octanol–water partition coefficient (Wildman–Crippen LogP) is 3.88. The lowest BCUT2D eigenvalue weighted by Crippen LogP contribution is -2.51. The first-order valence-corrected chi connectivity index (χ1v) is 7.62. The lowest BCUT2D eigenvalue weighted by Gasteiger charge is -2.32. The zero-order valence-corrected chi connectivity index (χ0v) is 13.9. The molecule has 0 amide bonds. The summed E-state index contributed by atoms with van der Waals surface area (Å²) in [5.74, 6) is -0.272. The van der Waals surface area contributed by atoms with E-state index in [-0.39, 0.29) is 11.3 Å². The Hall–Kier alpha value is -2.31. The Labute approximate surface area is 147 Å². The highest BCUT2D eigenvalue weighted by molar-refractivity contribution is 6.37. The van der Waals surface area contributed by atoms with Gasteiger partial charge < -0.3 is 9.47 Å². The minimum Gasteiger partial charge on any atom is -0.497 e. The van der Waals surface area contributed by atoms with Crippen LogP contribution in [0.5, 0.6) is 11.5 Å². The van der Waals surface area contributed by atoms with Crippen molar-refractivity contribution in [1.82, 2.24) is 0 Å². The molecule has 0 radical (unpaired) electrons. The summed E-state index contributed by atoms with van der Waals surface area (Å²) in [6.07, 6.45) is -1.29. The van der Waals surface area contributed by atoms with Gasteiger partial charge in [0.2, 0.25) is 6.10 Å². The molecule has 0 spiro atoms. The normalized spacial score (nSPS) is 22.5. The monoisotopic (exact) mass is 367 g/mol. The van der Waals surface area contributed by atoms with Crippen molar-refractivity contribution in [3.8, 4) is 11.5 Å². The fourth-order valence-corrected chi connectivity index (χ4v) is 2.93. The van der Waals surface area contributed by atoms with E-state index in [4.69, 9.17) is 32.7 Å². The lowest BCUT2D eigenvalue weighted by atomic mass is 9.91. The number of halogens is 2. The van der Waals surface area contributed by atoms with E-state index < -0.39 is 21.8 Å². The third-order valence-electron chi connectivity index (χ3n) is 3.78. The number of benzene rings is 2. The number of carbonyl (C=O) groups is 1. The number of ether oxygens (including phenoxy) is 2. The average molecular weight is 368 g/mol. The molecule has 0 N–H and O–H groups in total. The van der Waals surface area contributed by atoms with Crippen LogP contribution in [0.2, 0.25) is 5.02 Å². The van der Waals surface area contributed by atoms with Gasteiger partial charge in [-0.1, -0.05) is 23.7 Å². The van der Waals surface area contributed by atoms with Gasteiger partial charge in [-0.25, -0.2) is 0 Å². The van der Waals surface area contributed by atoms with E-state index in [0.29, 0.717) is 16.3 Å². The molecule has 2 aromatic rings. The van der Waals surface area contributed by atoms with Crippen molar-refractivity contribution in [2.24, 2.45) is 0 Å². The van der Waals surface area contributed by atoms with Crippen molar-refractivity contribution < 1.29 is 19.2 Å². The molecule has 24 heavy (non-hydrogen) atoms. The van der Waals surface area contributed by atoms with Gasteiger partial charge in [-0.15, -0.1) is 0 Å². The van der Waals surface area contributed by atoms with Crippen LogP contribution < -0.4 is 9.47 Å². The molecule has 124 valence electrons. The quantitative estimate of drug-likeness (QED) is 0.356. The molecular formula is C16H11Cl2NO5. The minimum atomic E-state index is -2.48. The smallest absolute Gasteiger partial charge is 0.397 e. The fourth-order valence-electron chi connectivity index (χ4n) is 2.53. The third-order valence-corrected chi connectivity index (χ3v) is 4.54. The number of Topliss-reactive ketones (excluding diaryl/α,β-unsaturated/α-hetero) is 1. The zero-order valence-electron chi connectivity index (χ0n) is 12.4. The maximum Gasteiger partial charge on any atom is 0.397 e. The van der Waals surface area contributed by atoms with Crippen LogP contribution >= 0.6 is 23.2 Å². The summed E-state index contributed by atoms with van der Waals surface area (Å²) < 4.78 is 10.8. The molecule has 0 fully saturated rings. The van der Waals surface area contributed by atoms with Crippen LogP contribution in [-0.2, 0) is 0 Å². The maximum absolute atomic E-state index is 12.8. The SMILES string of the molecule is COc1ccc2c(c1)C(=O)[C@](Cl)([N+](=O)[O-])[C@@H](c1ccc(Cl)cc1)O2. The highest BCUT2D eigenvalue weighted by atomic mass is 35.5. The summed E-state index contributed by atoms with van der Waals surface area (Å²) in [6, 6.07) is 10.7. The number of hydrogen-bond acceptors (Lipinski definition) is 5. The van der Waals surface area contributed by atoms with E-state index in [9.17, 15) is 14.9 Å². The van der Waals surface area contributed by atoms with E-state index in [1.54, 1.807) is 18.2 Å². The zero-order chi connectivity index (χ0) is 17.5. The second-order valence-electron chi connectivity index (χ2n) is 5.17. The van der Waals surface area contributed by atoms with Crippen molar-refractivity contribution in [3.05, 3.63) is 68.7 Å².